The van der Waals surface area contributed by atoms with E-state index in [1.807, 2.05) is 12.1 Å². The summed E-state index contributed by atoms with van der Waals surface area (Å²) in [4.78, 5) is 0. The van der Waals surface area contributed by atoms with Gasteiger partial charge in [0.25, 0.3) is 0 Å². The van der Waals surface area contributed by atoms with E-state index in [4.69, 9.17) is 0 Å². The van der Waals surface area contributed by atoms with Gasteiger partial charge < -0.3 is 5.32 Å². The highest BCUT2D eigenvalue weighted by Crippen LogP contribution is 2.46. The number of benzene rings is 2. The Morgan fingerprint density at radius 3 is 2.17 bits per heavy atom. The second kappa shape index (κ2) is 7.86. The maximum Gasteiger partial charge on any atom is 0.208 e. The molecule has 2 N–H and O–H groups in total. The summed E-state index contributed by atoms with van der Waals surface area (Å²) in [5, 5.41) is 3.81. The highest BCUT2D eigenvalue weighted by Gasteiger charge is 2.45. The molecule has 0 aromatic heterocycles. The van der Waals surface area contributed by atoms with Crippen molar-refractivity contribution in [3.05, 3.63) is 71.8 Å². The molecule has 2 bridgehead atoms. The Bertz CT molecular complexity index is 890. The van der Waals surface area contributed by atoms with E-state index < -0.39 is 10.0 Å². The molecular formula is C24H32N2O2S. The highest BCUT2D eigenvalue weighted by molar-refractivity contribution is 7.88. The van der Waals surface area contributed by atoms with Crippen LogP contribution >= 0.6 is 0 Å². The normalized spacial score (nSPS) is 27.1. The Morgan fingerprint density at radius 2 is 1.66 bits per heavy atom. The van der Waals surface area contributed by atoms with Gasteiger partial charge in [0.15, 0.2) is 0 Å². The van der Waals surface area contributed by atoms with Crippen LogP contribution in [0.2, 0.25) is 0 Å². The van der Waals surface area contributed by atoms with Gasteiger partial charge in [-0.2, -0.15) is 0 Å². The smallest absolute Gasteiger partial charge is 0.208 e. The van der Waals surface area contributed by atoms with E-state index in [1.165, 1.54) is 30.2 Å². The molecule has 4 nitrogen and oxygen atoms in total. The number of nitrogens with one attached hydrogen (secondary N) is 2. The maximum absolute atomic E-state index is 12.1. The van der Waals surface area contributed by atoms with Crippen molar-refractivity contribution in [3.8, 4) is 0 Å². The molecule has 2 aromatic rings. The number of sulfonamides is 1. The SMILES string of the molecule is CC12CCC(CC(CC(CNS(C)(=O)=O)(c3ccccc3)c3ccccc3)C1)N2. The zero-order valence-corrected chi connectivity index (χ0v) is 18.2. The maximum atomic E-state index is 12.1. The third-order valence-electron chi connectivity index (χ3n) is 6.88. The van der Waals surface area contributed by atoms with E-state index >= 15 is 0 Å². The molecule has 4 rings (SSSR count). The van der Waals surface area contributed by atoms with Gasteiger partial charge >= 0.3 is 0 Å². The molecule has 0 saturated carbocycles. The molecule has 0 aliphatic carbocycles. The third kappa shape index (κ3) is 4.57. The molecule has 2 heterocycles. The molecule has 3 unspecified atom stereocenters. The zero-order valence-electron chi connectivity index (χ0n) is 17.4. The van der Waals surface area contributed by atoms with E-state index in [9.17, 15) is 8.42 Å². The minimum atomic E-state index is -3.30. The van der Waals surface area contributed by atoms with Gasteiger partial charge in [-0.1, -0.05) is 60.7 Å². The molecule has 3 atom stereocenters. The molecule has 2 fully saturated rings. The number of piperidine rings is 1. The minimum Gasteiger partial charge on any atom is -0.309 e. The van der Waals surface area contributed by atoms with Gasteiger partial charge in [0.05, 0.1) is 6.26 Å². The molecule has 2 aliphatic heterocycles. The van der Waals surface area contributed by atoms with Crippen LogP contribution in [0.25, 0.3) is 0 Å². The molecular weight excluding hydrogens is 380 g/mol. The largest absolute Gasteiger partial charge is 0.309 e. The molecule has 0 amide bonds. The zero-order chi connectivity index (χ0) is 20.5. The monoisotopic (exact) mass is 412 g/mol. The van der Waals surface area contributed by atoms with Crippen LogP contribution < -0.4 is 10.0 Å². The lowest BCUT2D eigenvalue weighted by Crippen LogP contribution is -2.50. The molecule has 29 heavy (non-hydrogen) atoms. The number of hydrogen-bond acceptors (Lipinski definition) is 3. The van der Waals surface area contributed by atoms with Crippen molar-refractivity contribution >= 4 is 10.0 Å². The number of rotatable bonds is 7. The Morgan fingerprint density at radius 1 is 1.07 bits per heavy atom. The van der Waals surface area contributed by atoms with Crippen LogP contribution in [-0.4, -0.2) is 32.8 Å². The third-order valence-corrected chi connectivity index (χ3v) is 7.55. The van der Waals surface area contributed by atoms with Gasteiger partial charge in [-0.3, -0.25) is 0 Å². The van der Waals surface area contributed by atoms with Crippen molar-refractivity contribution in [2.45, 2.75) is 56.0 Å². The highest BCUT2D eigenvalue weighted by atomic mass is 32.2. The van der Waals surface area contributed by atoms with Crippen LogP contribution in [0.5, 0.6) is 0 Å². The Kier molecular flexibility index (Phi) is 5.58. The van der Waals surface area contributed by atoms with E-state index in [-0.39, 0.29) is 11.0 Å². The van der Waals surface area contributed by atoms with Gasteiger partial charge in [-0.05, 0) is 56.1 Å². The van der Waals surface area contributed by atoms with Crippen LogP contribution in [-0.2, 0) is 15.4 Å². The second-order valence-electron chi connectivity index (χ2n) is 9.36. The fraction of sp³-hybridized carbons (Fsp3) is 0.500. The Hall–Kier alpha value is -1.69. The predicted octanol–water partition coefficient (Wildman–Crippen LogP) is 3.83. The van der Waals surface area contributed by atoms with Crippen molar-refractivity contribution < 1.29 is 8.42 Å². The Labute approximate surface area is 175 Å². The first kappa shape index (κ1) is 20.6. The lowest BCUT2D eigenvalue weighted by atomic mass is 9.66. The van der Waals surface area contributed by atoms with Gasteiger partial charge in [-0.25, -0.2) is 13.1 Å². The summed E-state index contributed by atoms with van der Waals surface area (Å²) in [5.74, 6) is 0.551. The van der Waals surface area contributed by atoms with E-state index in [0.717, 1.165) is 19.3 Å². The number of hydrogen-bond donors (Lipinski definition) is 2. The predicted molar refractivity (Wildman–Crippen MR) is 118 cm³/mol. The average Bonchev–Trinajstić information content (AvgIpc) is 2.98. The van der Waals surface area contributed by atoms with E-state index in [0.29, 0.717) is 18.5 Å². The van der Waals surface area contributed by atoms with Crippen molar-refractivity contribution in [2.24, 2.45) is 5.92 Å². The standard InChI is InChI=1S/C24H32N2O2S/c1-23-14-13-22(26-23)15-19(16-23)17-24(18-25-29(2,27)28,20-9-5-3-6-10-20)21-11-7-4-8-12-21/h3-12,19,22,25-26H,13-18H2,1-2H3. The van der Waals surface area contributed by atoms with Crippen molar-refractivity contribution in [2.75, 3.05) is 12.8 Å². The fourth-order valence-electron chi connectivity index (χ4n) is 5.69. The number of fused-ring (bicyclic) bond motifs is 2. The molecule has 2 aromatic carbocycles. The van der Waals surface area contributed by atoms with Crippen LogP contribution in [0.1, 0.15) is 50.2 Å². The molecule has 2 saturated heterocycles. The average molecular weight is 413 g/mol. The van der Waals surface area contributed by atoms with Crippen molar-refractivity contribution in [3.63, 3.8) is 0 Å². The van der Waals surface area contributed by atoms with Crippen molar-refractivity contribution in [1.29, 1.82) is 0 Å². The quantitative estimate of drug-likeness (QED) is 0.727. The lowest BCUT2D eigenvalue weighted by molar-refractivity contribution is 0.193. The topological polar surface area (TPSA) is 58.2 Å². The van der Waals surface area contributed by atoms with Crippen LogP contribution in [0.3, 0.4) is 0 Å². The molecule has 5 heteroatoms. The molecule has 0 spiro atoms. The van der Waals surface area contributed by atoms with Gasteiger partial charge in [0.1, 0.15) is 0 Å². The lowest BCUT2D eigenvalue weighted by Gasteiger charge is -2.43. The summed E-state index contributed by atoms with van der Waals surface area (Å²) in [6, 6.07) is 21.4. The summed E-state index contributed by atoms with van der Waals surface area (Å²) < 4.78 is 27.0. The second-order valence-corrected chi connectivity index (χ2v) is 11.2. The summed E-state index contributed by atoms with van der Waals surface area (Å²) in [6.45, 7) is 2.73. The first-order valence-electron chi connectivity index (χ1n) is 10.6. The van der Waals surface area contributed by atoms with E-state index in [2.05, 4.69) is 65.5 Å². The van der Waals surface area contributed by atoms with Gasteiger partial charge in [0.2, 0.25) is 10.0 Å². The Balaban J connectivity index is 1.76. The summed E-state index contributed by atoms with van der Waals surface area (Å²) >= 11 is 0. The summed E-state index contributed by atoms with van der Waals surface area (Å²) in [5.41, 5.74) is 2.19. The van der Waals surface area contributed by atoms with Crippen LogP contribution in [0, 0.1) is 5.92 Å². The van der Waals surface area contributed by atoms with Gasteiger partial charge in [0, 0.05) is 23.5 Å². The van der Waals surface area contributed by atoms with Crippen molar-refractivity contribution in [1.82, 2.24) is 10.0 Å². The first-order valence-corrected chi connectivity index (χ1v) is 12.5. The molecule has 2 aliphatic rings. The fourth-order valence-corrected chi connectivity index (χ4v) is 6.19. The molecule has 156 valence electrons. The van der Waals surface area contributed by atoms with Crippen LogP contribution in [0.4, 0.5) is 0 Å². The summed E-state index contributed by atoms with van der Waals surface area (Å²) in [6.07, 6.45) is 6.98. The van der Waals surface area contributed by atoms with Crippen LogP contribution in [0.15, 0.2) is 60.7 Å². The first-order chi connectivity index (χ1) is 13.8. The van der Waals surface area contributed by atoms with E-state index in [1.54, 1.807) is 0 Å². The van der Waals surface area contributed by atoms with Gasteiger partial charge in [-0.15, -0.1) is 0 Å². The molecule has 0 radical (unpaired) electrons. The minimum absolute atomic E-state index is 0.219. The summed E-state index contributed by atoms with van der Waals surface area (Å²) in [7, 11) is -3.30.